The molecular formula is C16H31N3O. The SMILES string of the molecule is CC1CCC(N2CCCC(C(=O)NCCN)C2)C(C)C1. The quantitative estimate of drug-likeness (QED) is 0.823. The molecule has 4 unspecified atom stereocenters. The van der Waals surface area contributed by atoms with Crippen molar-refractivity contribution in [3.63, 3.8) is 0 Å². The minimum Gasteiger partial charge on any atom is -0.355 e. The molecule has 3 N–H and O–H groups in total. The minimum atomic E-state index is 0.168. The average Bonchev–Trinajstić information content (AvgIpc) is 2.45. The maximum Gasteiger partial charge on any atom is 0.224 e. The molecule has 0 bridgehead atoms. The normalized spacial score (nSPS) is 35.8. The van der Waals surface area contributed by atoms with E-state index in [0.717, 1.165) is 31.2 Å². The summed E-state index contributed by atoms with van der Waals surface area (Å²) in [5.41, 5.74) is 5.46. The Morgan fingerprint density at radius 2 is 2.10 bits per heavy atom. The Kier molecular flexibility index (Phi) is 5.85. The van der Waals surface area contributed by atoms with E-state index in [-0.39, 0.29) is 11.8 Å². The lowest BCUT2D eigenvalue weighted by atomic mass is 9.78. The van der Waals surface area contributed by atoms with Gasteiger partial charge in [0, 0.05) is 25.7 Å². The van der Waals surface area contributed by atoms with Crippen LogP contribution in [0, 0.1) is 17.8 Å². The van der Waals surface area contributed by atoms with E-state index in [1.165, 1.54) is 25.8 Å². The molecule has 116 valence electrons. The molecule has 1 heterocycles. The second-order valence-corrected chi connectivity index (χ2v) is 6.88. The van der Waals surface area contributed by atoms with Crippen molar-refractivity contribution in [1.82, 2.24) is 10.2 Å². The largest absolute Gasteiger partial charge is 0.355 e. The van der Waals surface area contributed by atoms with Gasteiger partial charge in [-0.3, -0.25) is 9.69 Å². The number of rotatable bonds is 4. The van der Waals surface area contributed by atoms with Gasteiger partial charge in [0.1, 0.15) is 0 Å². The number of carbonyl (C=O) groups is 1. The maximum atomic E-state index is 12.1. The molecule has 0 aromatic carbocycles. The van der Waals surface area contributed by atoms with Gasteiger partial charge in [-0.15, -0.1) is 0 Å². The number of nitrogens with one attached hydrogen (secondary N) is 1. The lowest BCUT2D eigenvalue weighted by Gasteiger charge is -2.44. The van der Waals surface area contributed by atoms with Crippen molar-refractivity contribution in [1.29, 1.82) is 0 Å². The van der Waals surface area contributed by atoms with Crippen LogP contribution in [0.2, 0.25) is 0 Å². The summed E-state index contributed by atoms with van der Waals surface area (Å²) in [6, 6.07) is 0.691. The first-order chi connectivity index (χ1) is 9.61. The van der Waals surface area contributed by atoms with Gasteiger partial charge >= 0.3 is 0 Å². The molecule has 0 radical (unpaired) electrons. The summed E-state index contributed by atoms with van der Waals surface area (Å²) >= 11 is 0. The van der Waals surface area contributed by atoms with Gasteiger partial charge in [-0.1, -0.05) is 13.8 Å². The maximum absolute atomic E-state index is 12.1. The molecule has 2 aliphatic rings. The van der Waals surface area contributed by atoms with Crippen molar-refractivity contribution in [2.24, 2.45) is 23.5 Å². The molecule has 1 aliphatic carbocycles. The molecule has 1 aliphatic heterocycles. The Morgan fingerprint density at radius 1 is 1.30 bits per heavy atom. The summed E-state index contributed by atoms with van der Waals surface area (Å²) in [7, 11) is 0. The number of nitrogens with zero attached hydrogens (tertiary/aromatic N) is 1. The van der Waals surface area contributed by atoms with Crippen LogP contribution < -0.4 is 11.1 Å². The van der Waals surface area contributed by atoms with E-state index in [1.807, 2.05) is 0 Å². The Hall–Kier alpha value is -0.610. The van der Waals surface area contributed by atoms with Crippen LogP contribution in [-0.2, 0) is 4.79 Å². The lowest BCUT2D eigenvalue weighted by molar-refractivity contribution is -0.127. The Bertz CT molecular complexity index is 321. The fraction of sp³-hybridized carbons (Fsp3) is 0.938. The van der Waals surface area contributed by atoms with Gasteiger partial charge in [0.05, 0.1) is 5.92 Å². The van der Waals surface area contributed by atoms with Gasteiger partial charge in [-0.05, 0) is 50.5 Å². The van der Waals surface area contributed by atoms with Crippen molar-refractivity contribution in [2.75, 3.05) is 26.2 Å². The topological polar surface area (TPSA) is 58.4 Å². The second kappa shape index (κ2) is 7.41. The predicted octanol–water partition coefficient (Wildman–Crippen LogP) is 1.60. The lowest BCUT2D eigenvalue weighted by Crippen LogP contribution is -2.50. The van der Waals surface area contributed by atoms with Crippen molar-refractivity contribution in [3.8, 4) is 0 Å². The van der Waals surface area contributed by atoms with E-state index in [9.17, 15) is 4.79 Å². The molecule has 0 spiro atoms. The highest BCUT2D eigenvalue weighted by Crippen LogP contribution is 2.34. The van der Waals surface area contributed by atoms with Crippen molar-refractivity contribution in [2.45, 2.75) is 52.0 Å². The van der Waals surface area contributed by atoms with Gasteiger partial charge < -0.3 is 11.1 Å². The fourth-order valence-electron chi connectivity index (χ4n) is 4.05. The zero-order chi connectivity index (χ0) is 14.5. The van der Waals surface area contributed by atoms with E-state index in [2.05, 4.69) is 24.1 Å². The number of hydrogen-bond donors (Lipinski definition) is 2. The third-order valence-corrected chi connectivity index (χ3v) is 5.12. The van der Waals surface area contributed by atoms with Crippen LogP contribution in [0.5, 0.6) is 0 Å². The number of likely N-dealkylation sites (tertiary alicyclic amines) is 1. The smallest absolute Gasteiger partial charge is 0.224 e. The number of piperidine rings is 1. The Labute approximate surface area is 123 Å². The second-order valence-electron chi connectivity index (χ2n) is 6.88. The first-order valence-electron chi connectivity index (χ1n) is 8.33. The molecule has 2 rings (SSSR count). The zero-order valence-electron chi connectivity index (χ0n) is 13.1. The molecule has 20 heavy (non-hydrogen) atoms. The van der Waals surface area contributed by atoms with E-state index in [1.54, 1.807) is 0 Å². The molecule has 0 aromatic rings. The molecule has 2 fully saturated rings. The van der Waals surface area contributed by atoms with E-state index in [4.69, 9.17) is 5.73 Å². The number of hydrogen-bond acceptors (Lipinski definition) is 3. The first-order valence-corrected chi connectivity index (χ1v) is 8.33. The summed E-state index contributed by atoms with van der Waals surface area (Å²) in [6.45, 7) is 8.00. The standard InChI is InChI=1S/C16H31N3O/c1-12-5-6-15(13(2)10-12)19-9-3-4-14(11-19)16(20)18-8-7-17/h12-15H,3-11,17H2,1-2H3,(H,18,20). The van der Waals surface area contributed by atoms with E-state index in [0.29, 0.717) is 19.1 Å². The fourth-order valence-corrected chi connectivity index (χ4v) is 4.05. The zero-order valence-corrected chi connectivity index (χ0v) is 13.1. The summed E-state index contributed by atoms with van der Waals surface area (Å²) in [5.74, 6) is 2.01. The van der Waals surface area contributed by atoms with Gasteiger partial charge in [0.2, 0.25) is 5.91 Å². The van der Waals surface area contributed by atoms with Crippen molar-refractivity contribution in [3.05, 3.63) is 0 Å². The summed E-state index contributed by atoms with van der Waals surface area (Å²) < 4.78 is 0. The van der Waals surface area contributed by atoms with Gasteiger partial charge in [0.15, 0.2) is 0 Å². The van der Waals surface area contributed by atoms with Crippen LogP contribution in [0.4, 0.5) is 0 Å². The summed E-state index contributed by atoms with van der Waals surface area (Å²) in [6.07, 6.45) is 6.17. The van der Waals surface area contributed by atoms with Crippen LogP contribution in [0.3, 0.4) is 0 Å². The third kappa shape index (κ3) is 3.95. The highest BCUT2D eigenvalue weighted by molar-refractivity contribution is 5.78. The molecule has 1 amide bonds. The minimum absolute atomic E-state index is 0.168. The summed E-state index contributed by atoms with van der Waals surface area (Å²) in [5, 5.41) is 2.95. The molecule has 4 heteroatoms. The van der Waals surface area contributed by atoms with Crippen molar-refractivity contribution >= 4 is 5.91 Å². The molecule has 1 saturated heterocycles. The monoisotopic (exact) mass is 281 g/mol. The van der Waals surface area contributed by atoms with Crippen LogP contribution in [-0.4, -0.2) is 43.0 Å². The number of amides is 1. The van der Waals surface area contributed by atoms with Gasteiger partial charge in [-0.25, -0.2) is 0 Å². The highest BCUT2D eigenvalue weighted by Gasteiger charge is 2.34. The van der Waals surface area contributed by atoms with E-state index >= 15 is 0 Å². The Morgan fingerprint density at radius 3 is 2.80 bits per heavy atom. The summed E-state index contributed by atoms with van der Waals surface area (Å²) in [4.78, 5) is 14.7. The molecule has 4 atom stereocenters. The van der Waals surface area contributed by atoms with Crippen LogP contribution in [0.15, 0.2) is 0 Å². The molecule has 1 saturated carbocycles. The van der Waals surface area contributed by atoms with Crippen LogP contribution >= 0.6 is 0 Å². The number of nitrogens with two attached hydrogens (primary N) is 1. The van der Waals surface area contributed by atoms with E-state index < -0.39 is 0 Å². The van der Waals surface area contributed by atoms with Gasteiger partial charge in [0.25, 0.3) is 0 Å². The predicted molar refractivity (Wildman–Crippen MR) is 82.3 cm³/mol. The number of carbonyl (C=O) groups excluding carboxylic acids is 1. The van der Waals surface area contributed by atoms with Crippen LogP contribution in [0.25, 0.3) is 0 Å². The molecule has 0 aromatic heterocycles. The average molecular weight is 281 g/mol. The van der Waals surface area contributed by atoms with Gasteiger partial charge in [-0.2, -0.15) is 0 Å². The Balaban J connectivity index is 1.88. The first kappa shape index (κ1) is 15.8. The van der Waals surface area contributed by atoms with Crippen LogP contribution in [0.1, 0.15) is 46.0 Å². The highest BCUT2D eigenvalue weighted by atomic mass is 16.1. The third-order valence-electron chi connectivity index (χ3n) is 5.12. The van der Waals surface area contributed by atoms with Crippen molar-refractivity contribution < 1.29 is 4.79 Å². The molecule has 4 nitrogen and oxygen atoms in total. The molecular weight excluding hydrogens is 250 g/mol.